The van der Waals surface area contributed by atoms with Crippen LogP contribution in [0, 0.1) is 31.5 Å². The number of hydrogen-bond acceptors (Lipinski definition) is 0. The number of hydrogen-bond donors (Lipinski definition) is 0. The fourth-order valence-electron chi connectivity index (χ4n) is 2.66. The summed E-state index contributed by atoms with van der Waals surface area (Å²) in [6.07, 6.45) is -12.7. The highest BCUT2D eigenvalue weighted by atomic mass is 19.4. The maximum atomic E-state index is 14.6. The minimum Gasteiger partial charge on any atom is -0.218 e. The summed E-state index contributed by atoms with van der Waals surface area (Å²) in [5, 5.41) is 0. The monoisotopic (exact) mass is 385 g/mol. The summed E-state index contributed by atoms with van der Waals surface area (Å²) in [6, 6.07) is 4.31. The molecule has 0 aromatic heterocycles. The second-order valence-corrected chi connectivity index (χ2v) is 5.64. The van der Waals surface area contributed by atoms with E-state index in [9.17, 15) is 39.5 Å². The smallest absolute Gasteiger partial charge is 0.218 e. The van der Waals surface area contributed by atoms with Crippen LogP contribution >= 0.6 is 0 Å². The number of rotatable bonds is 2. The van der Waals surface area contributed by atoms with E-state index < -0.39 is 46.3 Å². The lowest BCUT2D eigenvalue weighted by Gasteiger charge is -2.32. The molecular weight excluding hydrogens is 375 g/mol. The predicted octanol–water partition coefficient (Wildman–Crippen LogP) is 6.34. The van der Waals surface area contributed by atoms with E-state index >= 15 is 0 Å². The molecule has 0 unspecified atom stereocenters. The van der Waals surface area contributed by atoms with Crippen molar-refractivity contribution in [2.75, 3.05) is 0 Å². The quantitative estimate of drug-likeness (QED) is 0.530. The van der Waals surface area contributed by atoms with Gasteiger partial charge in [-0.1, -0.05) is 6.07 Å². The van der Waals surface area contributed by atoms with E-state index in [1.807, 2.05) is 0 Å². The second-order valence-electron chi connectivity index (χ2n) is 5.64. The first-order valence-electron chi connectivity index (χ1n) is 7.02. The number of benzene rings is 2. The van der Waals surface area contributed by atoms with Crippen LogP contribution in [0.4, 0.5) is 39.5 Å². The van der Waals surface area contributed by atoms with Crippen LogP contribution in [0.2, 0.25) is 0 Å². The van der Waals surface area contributed by atoms with Crippen LogP contribution in [-0.4, -0.2) is 12.4 Å². The number of aryl methyl sites for hydroxylation is 2. The third-order valence-electron chi connectivity index (χ3n) is 3.74. The Labute approximate surface area is 142 Å². The van der Waals surface area contributed by atoms with Gasteiger partial charge < -0.3 is 0 Å². The second kappa shape index (κ2) is 6.21. The SMILES string of the molecule is Cc1[c]c(C)c(-c2ccc(F)cc2F)c(C(F)(C(F)(F)F)C(F)(F)F)c1. The Kier molecular flexibility index (Phi) is 4.80. The molecule has 1 radical (unpaired) electrons. The summed E-state index contributed by atoms with van der Waals surface area (Å²) < 4.78 is 121. The Bertz CT molecular complexity index is 817. The normalized spacial score (nSPS) is 13.2. The molecule has 26 heavy (non-hydrogen) atoms. The highest BCUT2D eigenvalue weighted by Gasteiger charge is 2.74. The van der Waals surface area contributed by atoms with E-state index in [0.29, 0.717) is 18.2 Å². The summed E-state index contributed by atoms with van der Waals surface area (Å²) >= 11 is 0. The van der Waals surface area contributed by atoms with Gasteiger partial charge in [-0.25, -0.2) is 13.2 Å². The molecule has 0 heterocycles. The lowest BCUT2D eigenvalue weighted by Crippen LogP contribution is -2.50. The van der Waals surface area contributed by atoms with Crippen molar-refractivity contribution in [3.05, 3.63) is 58.7 Å². The van der Waals surface area contributed by atoms with Crippen LogP contribution in [0.1, 0.15) is 16.7 Å². The Morgan fingerprint density at radius 3 is 1.81 bits per heavy atom. The molecule has 2 rings (SSSR count). The predicted molar refractivity (Wildman–Crippen MR) is 75.0 cm³/mol. The van der Waals surface area contributed by atoms with Crippen LogP contribution < -0.4 is 0 Å². The lowest BCUT2D eigenvalue weighted by molar-refractivity contribution is -0.348. The largest absolute Gasteiger partial charge is 0.435 e. The molecule has 2 aromatic carbocycles. The molecule has 0 fully saturated rings. The standard InChI is InChI=1S/C17H10F9/c1-8-5-9(2)14(11-4-3-10(18)7-13(11)19)12(6-8)15(20,16(21,22)23)17(24,25)26/h3-4,6-7H,1-2H3. The third-order valence-corrected chi connectivity index (χ3v) is 3.74. The molecule has 0 nitrogen and oxygen atoms in total. The fraction of sp³-hybridized carbons (Fsp3) is 0.294. The van der Waals surface area contributed by atoms with Crippen LogP contribution in [0.25, 0.3) is 11.1 Å². The van der Waals surface area contributed by atoms with Crippen LogP contribution in [0.5, 0.6) is 0 Å². The zero-order valence-electron chi connectivity index (χ0n) is 13.2. The Hall–Kier alpha value is -2.19. The van der Waals surface area contributed by atoms with Crippen LogP contribution in [-0.2, 0) is 5.67 Å². The molecule has 0 spiro atoms. The summed E-state index contributed by atoms with van der Waals surface area (Å²) in [5.41, 5.74) is -9.91. The van der Waals surface area contributed by atoms with Crippen LogP contribution in [0.15, 0.2) is 24.3 Å². The summed E-state index contributed by atoms with van der Waals surface area (Å²) in [5.74, 6) is -2.53. The highest BCUT2D eigenvalue weighted by Crippen LogP contribution is 2.56. The minimum absolute atomic E-state index is 0.209. The first-order chi connectivity index (χ1) is 11.7. The first-order valence-corrected chi connectivity index (χ1v) is 7.02. The van der Waals surface area contributed by atoms with Crippen molar-refractivity contribution >= 4 is 0 Å². The van der Waals surface area contributed by atoms with Crippen molar-refractivity contribution in [2.24, 2.45) is 0 Å². The Balaban J connectivity index is 2.97. The van der Waals surface area contributed by atoms with Gasteiger partial charge in [0.05, 0.1) is 0 Å². The maximum Gasteiger partial charge on any atom is 0.435 e. The van der Waals surface area contributed by atoms with Gasteiger partial charge in [0.15, 0.2) is 0 Å². The number of halogens is 9. The van der Waals surface area contributed by atoms with Crippen molar-refractivity contribution in [1.82, 2.24) is 0 Å². The van der Waals surface area contributed by atoms with Gasteiger partial charge in [0, 0.05) is 17.2 Å². The lowest BCUT2D eigenvalue weighted by atomic mass is 9.83. The molecule has 0 saturated heterocycles. The Morgan fingerprint density at radius 1 is 0.808 bits per heavy atom. The zero-order valence-corrected chi connectivity index (χ0v) is 13.2. The Morgan fingerprint density at radius 2 is 1.35 bits per heavy atom. The summed E-state index contributed by atoms with van der Waals surface area (Å²) in [4.78, 5) is 0. The molecule has 141 valence electrons. The average Bonchev–Trinajstić information content (AvgIpc) is 2.44. The van der Waals surface area contributed by atoms with Gasteiger partial charge in [-0.15, -0.1) is 0 Å². The molecule has 0 aliphatic rings. The van der Waals surface area contributed by atoms with Crippen molar-refractivity contribution in [2.45, 2.75) is 31.9 Å². The van der Waals surface area contributed by atoms with Crippen molar-refractivity contribution in [3.8, 4) is 11.1 Å². The molecule has 2 aromatic rings. The van der Waals surface area contributed by atoms with E-state index in [1.165, 1.54) is 0 Å². The highest BCUT2D eigenvalue weighted by molar-refractivity contribution is 5.73. The van der Waals surface area contributed by atoms with Crippen molar-refractivity contribution in [1.29, 1.82) is 0 Å². The fourth-order valence-corrected chi connectivity index (χ4v) is 2.66. The molecule has 0 saturated carbocycles. The van der Waals surface area contributed by atoms with Gasteiger partial charge in [-0.05, 0) is 48.7 Å². The topological polar surface area (TPSA) is 0 Å². The van der Waals surface area contributed by atoms with Crippen molar-refractivity contribution in [3.63, 3.8) is 0 Å². The molecular formula is C17H10F9. The maximum absolute atomic E-state index is 14.6. The molecule has 0 amide bonds. The minimum atomic E-state index is -6.36. The first kappa shape index (κ1) is 20.1. The van der Waals surface area contributed by atoms with Gasteiger partial charge in [0.1, 0.15) is 11.6 Å². The molecule has 0 atom stereocenters. The molecule has 0 bridgehead atoms. The van der Waals surface area contributed by atoms with E-state index in [-0.39, 0.29) is 17.2 Å². The summed E-state index contributed by atoms with van der Waals surface area (Å²) in [6.45, 7) is 2.18. The van der Waals surface area contributed by atoms with E-state index in [2.05, 4.69) is 6.07 Å². The van der Waals surface area contributed by atoms with E-state index in [0.717, 1.165) is 13.8 Å². The summed E-state index contributed by atoms with van der Waals surface area (Å²) in [7, 11) is 0. The molecule has 0 aliphatic heterocycles. The van der Waals surface area contributed by atoms with Crippen molar-refractivity contribution < 1.29 is 39.5 Å². The van der Waals surface area contributed by atoms with E-state index in [4.69, 9.17) is 0 Å². The molecule has 0 N–H and O–H groups in total. The average molecular weight is 385 g/mol. The van der Waals surface area contributed by atoms with Gasteiger partial charge >= 0.3 is 18.0 Å². The molecule has 9 heteroatoms. The van der Waals surface area contributed by atoms with E-state index in [1.54, 1.807) is 0 Å². The zero-order chi connectivity index (χ0) is 20.1. The van der Waals surface area contributed by atoms with Gasteiger partial charge in [0.25, 0.3) is 0 Å². The van der Waals surface area contributed by atoms with Gasteiger partial charge in [-0.2, -0.15) is 26.3 Å². The van der Waals surface area contributed by atoms with Gasteiger partial charge in [0.2, 0.25) is 0 Å². The third kappa shape index (κ3) is 3.14. The molecule has 0 aliphatic carbocycles. The number of alkyl halides is 7. The van der Waals surface area contributed by atoms with Gasteiger partial charge in [-0.3, -0.25) is 0 Å². The van der Waals surface area contributed by atoms with Crippen LogP contribution in [0.3, 0.4) is 0 Å².